The smallest absolute Gasteiger partial charge is 0.254 e. The summed E-state index contributed by atoms with van der Waals surface area (Å²) in [6.07, 6.45) is 3.46. The molecule has 2 heterocycles. The van der Waals surface area contributed by atoms with Crippen LogP contribution in [-0.4, -0.2) is 46.8 Å². The molecule has 0 saturated carbocycles. The molecule has 146 valence electrons. The predicted octanol–water partition coefficient (Wildman–Crippen LogP) is 3.94. The SMILES string of the molecule is COc1ccccc1-n1cc(-c2cc(C(=O)N(C)C)c3ccc(F)cc3n2)cn1. The van der Waals surface area contributed by atoms with Gasteiger partial charge in [-0.25, -0.2) is 14.1 Å². The van der Waals surface area contributed by atoms with Gasteiger partial charge in [-0.05, 0) is 30.3 Å². The molecule has 29 heavy (non-hydrogen) atoms. The maximum atomic E-state index is 13.8. The summed E-state index contributed by atoms with van der Waals surface area (Å²) >= 11 is 0. The molecule has 0 atom stereocenters. The van der Waals surface area contributed by atoms with E-state index in [9.17, 15) is 9.18 Å². The second-order valence-electron chi connectivity index (χ2n) is 6.76. The van der Waals surface area contributed by atoms with Crippen LogP contribution in [0.15, 0.2) is 60.9 Å². The summed E-state index contributed by atoms with van der Waals surface area (Å²) in [6.45, 7) is 0. The van der Waals surface area contributed by atoms with Gasteiger partial charge >= 0.3 is 0 Å². The normalized spacial score (nSPS) is 10.9. The van der Waals surface area contributed by atoms with E-state index in [1.807, 2.05) is 24.3 Å². The number of nitrogens with zero attached hydrogens (tertiary/aromatic N) is 4. The van der Waals surface area contributed by atoms with Crippen molar-refractivity contribution in [2.75, 3.05) is 21.2 Å². The molecule has 0 fully saturated rings. The van der Waals surface area contributed by atoms with Gasteiger partial charge in [-0.15, -0.1) is 0 Å². The van der Waals surface area contributed by atoms with Gasteiger partial charge in [-0.2, -0.15) is 5.10 Å². The highest BCUT2D eigenvalue weighted by atomic mass is 19.1. The van der Waals surface area contributed by atoms with Crippen LogP contribution in [-0.2, 0) is 0 Å². The molecule has 4 rings (SSSR count). The van der Waals surface area contributed by atoms with Crippen LogP contribution in [0.1, 0.15) is 10.4 Å². The zero-order valence-electron chi connectivity index (χ0n) is 16.3. The summed E-state index contributed by atoms with van der Waals surface area (Å²) < 4.78 is 20.9. The van der Waals surface area contributed by atoms with Crippen molar-refractivity contribution in [3.8, 4) is 22.7 Å². The van der Waals surface area contributed by atoms with E-state index in [0.29, 0.717) is 33.5 Å². The Bertz CT molecular complexity index is 1220. The third-order valence-corrected chi connectivity index (χ3v) is 4.62. The molecule has 0 aliphatic carbocycles. The Labute approximate surface area is 167 Å². The molecule has 7 heteroatoms. The number of methoxy groups -OCH3 is 1. The topological polar surface area (TPSA) is 60.2 Å². The average molecular weight is 390 g/mol. The maximum absolute atomic E-state index is 13.8. The van der Waals surface area contributed by atoms with Crippen LogP contribution in [0, 0.1) is 5.82 Å². The van der Waals surface area contributed by atoms with Crippen molar-refractivity contribution >= 4 is 16.8 Å². The van der Waals surface area contributed by atoms with E-state index in [1.165, 1.54) is 17.0 Å². The highest BCUT2D eigenvalue weighted by Crippen LogP contribution is 2.28. The molecule has 4 aromatic rings. The number of rotatable bonds is 4. The number of para-hydroxylation sites is 2. The average Bonchev–Trinajstić information content (AvgIpc) is 3.22. The summed E-state index contributed by atoms with van der Waals surface area (Å²) in [5.41, 5.74) is 2.89. The number of pyridine rings is 1. The van der Waals surface area contributed by atoms with Crippen molar-refractivity contribution in [1.29, 1.82) is 0 Å². The number of amides is 1. The van der Waals surface area contributed by atoms with Gasteiger partial charge in [0.15, 0.2) is 0 Å². The Morgan fingerprint density at radius 2 is 1.93 bits per heavy atom. The van der Waals surface area contributed by atoms with Gasteiger partial charge in [0.25, 0.3) is 5.91 Å². The molecular formula is C22H19FN4O2. The lowest BCUT2D eigenvalue weighted by Crippen LogP contribution is -2.22. The molecule has 2 aromatic carbocycles. The van der Waals surface area contributed by atoms with Crippen molar-refractivity contribution in [2.24, 2.45) is 0 Å². The van der Waals surface area contributed by atoms with Crippen LogP contribution < -0.4 is 4.74 Å². The van der Waals surface area contributed by atoms with E-state index in [1.54, 1.807) is 50.4 Å². The molecule has 0 spiro atoms. The first-order chi connectivity index (χ1) is 14.0. The Hall–Kier alpha value is -3.74. The number of hydrogen-bond acceptors (Lipinski definition) is 4. The van der Waals surface area contributed by atoms with Crippen LogP contribution in [0.25, 0.3) is 27.8 Å². The van der Waals surface area contributed by atoms with Crippen molar-refractivity contribution < 1.29 is 13.9 Å². The number of ether oxygens (including phenoxy) is 1. The molecule has 1 amide bonds. The molecule has 0 aliphatic heterocycles. The molecule has 0 bridgehead atoms. The lowest BCUT2D eigenvalue weighted by atomic mass is 10.0. The van der Waals surface area contributed by atoms with Gasteiger partial charge in [-0.3, -0.25) is 4.79 Å². The van der Waals surface area contributed by atoms with Crippen LogP contribution in [0.3, 0.4) is 0 Å². The first-order valence-corrected chi connectivity index (χ1v) is 8.98. The zero-order valence-corrected chi connectivity index (χ0v) is 16.3. The Kier molecular flexibility index (Phi) is 4.72. The van der Waals surface area contributed by atoms with Crippen molar-refractivity contribution in [2.45, 2.75) is 0 Å². The van der Waals surface area contributed by atoms with Gasteiger partial charge in [0.2, 0.25) is 0 Å². The van der Waals surface area contributed by atoms with Gasteiger partial charge < -0.3 is 9.64 Å². The quantitative estimate of drug-likeness (QED) is 0.530. The summed E-state index contributed by atoms with van der Waals surface area (Å²) in [5.74, 6) is 0.0941. The molecule has 0 saturated heterocycles. The highest BCUT2D eigenvalue weighted by Gasteiger charge is 2.17. The van der Waals surface area contributed by atoms with Crippen LogP contribution in [0.4, 0.5) is 4.39 Å². The zero-order chi connectivity index (χ0) is 20.5. The molecule has 6 nitrogen and oxygen atoms in total. The molecule has 0 N–H and O–H groups in total. The lowest BCUT2D eigenvalue weighted by Gasteiger charge is -2.13. The van der Waals surface area contributed by atoms with Crippen LogP contribution in [0.5, 0.6) is 5.75 Å². The summed E-state index contributed by atoms with van der Waals surface area (Å²) in [6, 6.07) is 13.5. The molecular weight excluding hydrogens is 371 g/mol. The number of carbonyl (C=O) groups excluding carboxylic acids is 1. The number of aromatic nitrogens is 3. The number of hydrogen-bond donors (Lipinski definition) is 0. The van der Waals surface area contributed by atoms with Crippen LogP contribution >= 0.6 is 0 Å². The standard InChI is InChI=1S/C22H19FN4O2/c1-26(2)22(28)17-11-18(25-19-10-15(23)8-9-16(17)19)14-12-24-27(13-14)20-6-4-5-7-21(20)29-3/h4-13H,1-3H3. The molecule has 0 radical (unpaired) electrons. The van der Waals surface area contributed by atoms with Gasteiger partial charge in [0.05, 0.1) is 30.1 Å². The van der Waals surface area contributed by atoms with E-state index in [-0.39, 0.29) is 5.91 Å². The van der Waals surface area contributed by atoms with E-state index in [2.05, 4.69) is 10.1 Å². The minimum Gasteiger partial charge on any atom is -0.494 e. The third kappa shape index (κ3) is 3.42. The fourth-order valence-electron chi connectivity index (χ4n) is 3.17. The number of carbonyl (C=O) groups is 1. The number of fused-ring (bicyclic) bond motifs is 1. The van der Waals surface area contributed by atoms with Crippen molar-refractivity contribution in [3.05, 3.63) is 72.3 Å². The second kappa shape index (κ2) is 7.35. The summed E-state index contributed by atoms with van der Waals surface area (Å²) in [4.78, 5) is 18.8. The minimum atomic E-state index is -0.407. The first kappa shape index (κ1) is 18.6. The third-order valence-electron chi connectivity index (χ3n) is 4.62. The van der Waals surface area contributed by atoms with E-state index in [0.717, 1.165) is 5.69 Å². The van der Waals surface area contributed by atoms with Gasteiger partial charge in [0.1, 0.15) is 17.3 Å². The largest absolute Gasteiger partial charge is 0.494 e. The number of benzene rings is 2. The van der Waals surface area contributed by atoms with E-state index in [4.69, 9.17) is 4.74 Å². The van der Waals surface area contributed by atoms with Crippen LogP contribution in [0.2, 0.25) is 0 Å². The maximum Gasteiger partial charge on any atom is 0.254 e. The Morgan fingerprint density at radius 3 is 2.69 bits per heavy atom. The molecule has 0 unspecified atom stereocenters. The van der Waals surface area contributed by atoms with E-state index >= 15 is 0 Å². The monoisotopic (exact) mass is 390 g/mol. The fraction of sp³-hybridized carbons (Fsp3) is 0.136. The van der Waals surface area contributed by atoms with Crippen molar-refractivity contribution in [1.82, 2.24) is 19.7 Å². The van der Waals surface area contributed by atoms with Crippen molar-refractivity contribution in [3.63, 3.8) is 0 Å². The molecule has 2 aromatic heterocycles. The lowest BCUT2D eigenvalue weighted by molar-refractivity contribution is 0.0829. The first-order valence-electron chi connectivity index (χ1n) is 8.98. The Balaban J connectivity index is 1.86. The number of halogens is 1. The molecule has 0 aliphatic rings. The summed E-state index contributed by atoms with van der Waals surface area (Å²) in [5, 5.41) is 5.01. The second-order valence-corrected chi connectivity index (χ2v) is 6.76. The summed E-state index contributed by atoms with van der Waals surface area (Å²) in [7, 11) is 4.96. The predicted molar refractivity (Wildman–Crippen MR) is 109 cm³/mol. The highest BCUT2D eigenvalue weighted by molar-refractivity contribution is 6.07. The fourth-order valence-corrected chi connectivity index (χ4v) is 3.17. The Morgan fingerprint density at radius 1 is 1.14 bits per heavy atom. The minimum absolute atomic E-state index is 0.178. The van der Waals surface area contributed by atoms with Gasteiger partial charge in [0, 0.05) is 37.3 Å². The van der Waals surface area contributed by atoms with E-state index < -0.39 is 5.82 Å². The van der Waals surface area contributed by atoms with Gasteiger partial charge in [-0.1, -0.05) is 12.1 Å².